The maximum atomic E-state index is 14.5. The SMILES string of the molecule is C=CC1=CC[C@H]2C(=O)C(c3ccccc3)=CC(=O)[C@@]2(c2ccccc2)[C@H]1C1=COc2ccc(O)cc2C1. The number of phenolic OH excluding ortho intramolecular Hbond substituents is 1. The first kappa shape index (κ1) is 23.0. The molecule has 3 atom stereocenters. The van der Waals surface area contributed by atoms with Crippen LogP contribution in [0.4, 0.5) is 0 Å². The maximum absolute atomic E-state index is 14.5. The molecule has 0 bridgehead atoms. The van der Waals surface area contributed by atoms with Crippen LogP contribution in [0.5, 0.6) is 11.5 Å². The molecule has 0 saturated heterocycles. The average molecular weight is 487 g/mol. The highest BCUT2D eigenvalue weighted by Gasteiger charge is 2.59. The lowest BCUT2D eigenvalue weighted by atomic mass is 9.49. The summed E-state index contributed by atoms with van der Waals surface area (Å²) in [5.74, 6) is -0.336. The first-order valence-corrected chi connectivity index (χ1v) is 12.4. The number of fused-ring (bicyclic) bond motifs is 2. The maximum Gasteiger partial charge on any atom is 0.168 e. The minimum absolute atomic E-state index is 0.0330. The Kier molecular flexibility index (Phi) is 5.53. The number of benzene rings is 3. The summed E-state index contributed by atoms with van der Waals surface area (Å²) < 4.78 is 6.00. The summed E-state index contributed by atoms with van der Waals surface area (Å²) in [6.07, 6.45) is 8.01. The van der Waals surface area contributed by atoms with Gasteiger partial charge in [0, 0.05) is 29.4 Å². The van der Waals surface area contributed by atoms with Crippen molar-refractivity contribution in [2.75, 3.05) is 0 Å². The molecule has 37 heavy (non-hydrogen) atoms. The Labute approximate surface area is 215 Å². The standard InChI is InChI=1S/C33H26O4/c1-2-21-13-15-28-32(36)27(22-9-5-3-6-10-22)19-30(35)33(28,25-11-7-4-8-12-25)31(21)24-17-23-18-26(34)14-16-29(23)37-20-24/h2-14,16,18-20,28,31,34H,1,15,17H2/t28-,31+,33-/m0/s1. The van der Waals surface area contributed by atoms with Crippen molar-refractivity contribution < 1.29 is 19.4 Å². The van der Waals surface area contributed by atoms with E-state index in [2.05, 4.69) is 6.58 Å². The van der Waals surface area contributed by atoms with Crippen LogP contribution in [0.3, 0.4) is 0 Å². The topological polar surface area (TPSA) is 63.6 Å². The van der Waals surface area contributed by atoms with Gasteiger partial charge < -0.3 is 9.84 Å². The van der Waals surface area contributed by atoms with Crippen molar-refractivity contribution in [3.05, 3.63) is 138 Å². The molecule has 182 valence electrons. The molecule has 0 fully saturated rings. The summed E-state index contributed by atoms with van der Waals surface area (Å²) in [5.41, 5.74) is 3.48. The Morgan fingerprint density at radius 3 is 2.43 bits per heavy atom. The molecular weight excluding hydrogens is 460 g/mol. The van der Waals surface area contributed by atoms with E-state index in [1.54, 1.807) is 36.6 Å². The van der Waals surface area contributed by atoms with Gasteiger partial charge >= 0.3 is 0 Å². The fourth-order valence-electron chi connectivity index (χ4n) is 6.32. The van der Waals surface area contributed by atoms with Crippen molar-refractivity contribution in [1.82, 2.24) is 0 Å². The highest BCUT2D eigenvalue weighted by molar-refractivity contribution is 6.31. The molecule has 0 aromatic heterocycles. The third-order valence-electron chi connectivity index (χ3n) is 7.91. The van der Waals surface area contributed by atoms with E-state index in [0.717, 1.165) is 27.8 Å². The summed E-state index contributed by atoms with van der Waals surface area (Å²) in [6, 6.07) is 24.1. The molecule has 3 aliphatic rings. The first-order valence-electron chi connectivity index (χ1n) is 12.4. The van der Waals surface area contributed by atoms with E-state index in [1.165, 1.54) is 0 Å². The van der Waals surface area contributed by atoms with Crippen LogP contribution in [-0.2, 0) is 21.4 Å². The largest absolute Gasteiger partial charge is 0.508 e. The highest BCUT2D eigenvalue weighted by atomic mass is 16.5. The van der Waals surface area contributed by atoms with Gasteiger partial charge in [-0.25, -0.2) is 0 Å². The van der Waals surface area contributed by atoms with Gasteiger partial charge in [0.1, 0.15) is 11.5 Å². The van der Waals surface area contributed by atoms with Crippen molar-refractivity contribution in [2.24, 2.45) is 11.8 Å². The molecule has 1 aliphatic heterocycles. The van der Waals surface area contributed by atoms with Gasteiger partial charge in [-0.05, 0) is 53.0 Å². The van der Waals surface area contributed by atoms with E-state index in [0.29, 0.717) is 24.2 Å². The predicted octanol–water partition coefficient (Wildman–Crippen LogP) is 6.13. The third-order valence-corrected chi connectivity index (χ3v) is 7.91. The second kappa shape index (κ2) is 8.90. The number of ketones is 2. The quantitative estimate of drug-likeness (QED) is 0.482. The molecule has 2 aliphatic carbocycles. The minimum Gasteiger partial charge on any atom is -0.508 e. The lowest BCUT2D eigenvalue weighted by Gasteiger charge is -2.50. The number of hydrogen-bond acceptors (Lipinski definition) is 4. The Morgan fingerprint density at radius 1 is 0.973 bits per heavy atom. The number of allylic oxidation sites excluding steroid dienone is 6. The van der Waals surface area contributed by atoms with Crippen molar-refractivity contribution >= 4 is 17.1 Å². The molecule has 3 aromatic carbocycles. The molecule has 0 saturated carbocycles. The van der Waals surface area contributed by atoms with Gasteiger partial charge in [-0.1, -0.05) is 79.4 Å². The Balaban J connectivity index is 1.57. The van der Waals surface area contributed by atoms with Gasteiger partial charge in [0.25, 0.3) is 0 Å². The Morgan fingerprint density at radius 2 is 1.70 bits per heavy atom. The molecule has 4 nitrogen and oxygen atoms in total. The van der Waals surface area contributed by atoms with Crippen molar-refractivity contribution in [2.45, 2.75) is 18.3 Å². The van der Waals surface area contributed by atoms with Gasteiger partial charge in [-0.3, -0.25) is 9.59 Å². The van der Waals surface area contributed by atoms with E-state index < -0.39 is 17.3 Å². The fourth-order valence-corrected chi connectivity index (χ4v) is 6.32. The van der Waals surface area contributed by atoms with Crippen LogP contribution >= 0.6 is 0 Å². The molecule has 0 spiro atoms. The van der Waals surface area contributed by atoms with Crippen molar-refractivity contribution in [3.63, 3.8) is 0 Å². The molecule has 0 unspecified atom stereocenters. The Hall–Kier alpha value is -4.44. The minimum atomic E-state index is -1.14. The van der Waals surface area contributed by atoms with Gasteiger partial charge in [-0.2, -0.15) is 0 Å². The number of carbonyl (C=O) groups excluding carboxylic acids is 2. The second-order valence-electron chi connectivity index (χ2n) is 9.80. The molecule has 6 rings (SSSR count). The van der Waals surface area contributed by atoms with Crippen LogP contribution in [0, 0.1) is 11.8 Å². The lowest BCUT2D eigenvalue weighted by molar-refractivity contribution is -0.132. The Bertz CT molecular complexity index is 1510. The molecular formula is C33H26O4. The summed E-state index contributed by atoms with van der Waals surface area (Å²) in [4.78, 5) is 28.7. The van der Waals surface area contributed by atoms with Gasteiger partial charge in [0.05, 0.1) is 11.7 Å². The van der Waals surface area contributed by atoms with Crippen LogP contribution in [0.2, 0.25) is 0 Å². The number of aromatic hydroxyl groups is 1. The molecule has 4 heteroatoms. The van der Waals surface area contributed by atoms with Crippen LogP contribution in [0.1, 0.15) is 23.1 Å². The average Bonchev–Trinajstić information content (AvgIpc) is 2.94. The zero-order chi connectivity index (χ0) is 25.6. The molecule has 3 aromatic rings. The first-order chi connectivity index (χ1) is 18.0. The number of Topliss-reactive ketones (excluding diaryl/α,β-unsaturated/α-hetero) is 1. The van der Waals surface area contributed by atoms with Gasteiger partial charge in [-0.15, -0.1) is 0 Å². The number of rotatable bonds is 4. The number of carbonyl (C=O) groups is 2. The van der Waals surface area contributed by atoms with Crippen LogP contribution < -0.4 is 4.74 Å². The monoisotopic (exact) mass is 486 g/mol. The summed E-state index contributed by atoms with van der Waals surface area (Å²) in [6.45, 7) is 4.07. The number of hydrogen-bond donors (Lipinski definition) is 1. The van der Waals surface area contributed by atoms with E-state index in [4.69, 9.17) is 4.74 Å². The van der Waals surface area contributed by atoms with Crippen LogP contribution in [-0.4, -0.2) is 16.7 Å². The van der Waals surface area contributed by atoms with Gasteiger partial charge in [0.2, 0.25) is 0 Å². The fraction of sp³-hybridized carbons (Fsp3) is 0.152. The third kappa shape index (κ3) is 3.52. The molecule has 1 N–H and O–H groups in total. The summed E-state index contributed by atoms with van der Waals surface area (Å²) in [7, 11) is 0. The predicted molar refractivity (Wildman–Crippen MR) is 143 cm³/mol. The molecule has 0 amide bonds. The molecule has 0 radical (unpaired) electrons. The zero-order valence-corrected chi connectivity index (χ0v) is 20.3. The highest BCUT2D eigenvalue weighted by Crippen LogP contribution is 2.56. The van der Waals surface area contributed by atoms with E-state index in [-0.39, 0.29) is 17.3 Å². The van der Waals surface area contributed by atoms with E-state index >= 15 is 0 Å². The van der Waals surface area contributed by atoms with Crippen LogP contribution in [0.15, 0.2) is 121 Å². The lowest BCUT2D eigenvalue weighted by Crippen LogP contribution is -2.56. The number of ether oxygens (including phenoxy) is 1. The molecule has 1 heterocycles. The van der Waals surface area contributed by atoms with E-state index in [1.807, 2.05) is 66.7 Å². The normalized spacial score (nSPS) is 24.6. The zero-order valence-electron chi connectivity index (χ0n) is 20.3. The smallest absolute Gasteiger partial charge is 0.168 e. The van der Waals surface area contributed by atoms with Crippen molar-refractivity contribution in [3.8, 4) is 11.5 Å². The summed E-state index contributed by atoms with van der Waals surface area (Å²) >= 11 is 0. The second-order valence-corrected chi connectivity index (χ2v) is 9.80. The summed E-state index contributed by atoms with van der Waals surface area (Å²) in [5, 5.41) is 10.1. The number of phenols is 1. The van der Waals surface area contributed by atoms with Gasteiger partial charge in [0.15, 0.2) is 11.6 Å². The van der Waals surface area contributed by atoms with E-state index in [9.17, 15) is 14.7 Å². The van der Waals surface area contributed by atoms with Crippen LogP contribution in [0.25, 0.3) is 5.57 Å². The van der Waals surface area contributed by atoms with Crippen molar-refractivity contribution in [1.29, 1.82) is 0 Å².